The SMILES string of the molecule is CCCCS(=O)(=O)N1CCCC(Oc2ccnc(C)n2)C1. The zero-order valence-corrected chi connectivity index (χ0v) is 13.5. The number of ether oxygens (including phenoxy) is 1. The van der Waals surface area contributed by atoms with Crippen LogP contribution in [0.3, 0.4) is 0 Å². The second kappa shape index (κ2) is 7.17. The molecule has 1 aliphatic heterocycles. The molecule has 1 fully saturated rings. The van der Waals surface area contributed by atoms with Gasteiger partial charge >= 0.3 is 0 Å². The molecule has 1 aromatic heterocycles. The molecule has 0 radical (unpaired) electrons. The average molecular weight is 313 g/mol. The van der Waals surface area contributed by atoms with Gasteiger partial charge in [-0.05, 0) is 26.2 Å². The smallest absolute Gasteiger partial charge is 0.216 e. The van der Waals surface area contributed by atoms with Crippen molar-refractivity contribution >= 4 is 10.0 Å². The predicted molar refractivity (Wildman–Crippen MR) is 80.7 cm³/mol. The molecule has 7 heteroatoms. The van der Waals surface area contributed by atoms with Gasteiger partial charge in [-0.2, -0.15) is 9.29 Å². The number of nitrogens with zero attached hydrogens (tertiary/aromatic N) is 3. The lowest BCUT2D eigenvalue weighted by Gasteiger charge is -2.31. The van der Waals surface area contributed by atoms with Gasteiger partial charge < -0.3 is 4.74 Å². The number of unbranched alkanes of at least 4 members (excludes halogenated alkanes) is 1. The molecule has 0 N–H and O–H groups in total. The van der Waals surface area contributed by atoms with Crippen molar-refractivity contribution in [3.05, 3.63) is 18.1 Å². The van der Waals surface area contributed by atoms with Crippen LogP contribution in [0.2, 0.25) is 0 Å². The second-order valence-electron chi connectivity index (χ2n) is 5.35. The van der Waals surface area contributed by atoms with Crippen molar-refractivity contribution in [2.75, 3.05) is 18.8 Å². The molecular formula is C14H23N3O3S. The highest BCUT2D eigenvalue weighted by atomic mass is 32.2. The normalized spacial score (nSPS) is 20.4. The molecular weight excluding hydrogens is 290 g/mol. The van der Waals surface area contributed by atoms with Crippen LogP contribution in [0.1, 0.15) is 38.4 Å². The van der Waals surface area contributed by atoms with Crippen LogP contribution >= 0.6 is 0 Å². The van der Waals surface area contributed by atoms with E-state index in [1.54, 1.807) is 23.5 Å². The third-order valence-electron chi connectivity index (χ3n) is 3.53. The van der Waals surface area contributed by atoms with Crippen LogP contribution in [-0.4, -0.2) is 47.6 Å². The first-order valence-electron chi connectivity index (χ1n) is 7.45. The number of aromatic nitrogens is 2. The lowest BCUT2D eigenvalue weighted by atomic mass is 10.1. The van der Waals surface area contributed by atoms with E-state index < -0.39 is 10.0 Å². The Balaban J connectivity index is 1.97. The third kappa shape index (κ3) is 4.64. The Kier molecular flexibility index (Phi) is 5.52. The maximum Gasteiger partial charge on any atom is 0.216 e. The zero-order chi connectivity index (χ0) is 15.3. The number of hydrogen-bond donors (Lipinski definition) is 0. The highest BCUT2D eigenvalue weighted by Gasteiger charge is 2.29. The summed E-state index contributed by atoms with van der Waals surface area (Å²) in [6, 6.07) is 1.71. The van der Waals surface area contributed by atoms with Crippen molar-refractivity contribution in [2.24, 2.45) is 0 Å². The minimum atomic E-state index is -3.16. The van der Waals surface area contributed by atoms with Gasteiger partial charge in [-0.25, -0.2) is 13.4 Å². The highest BCUT2D eigenvalue weighted by molar-refractivity contribution is 7.89. The topological polar surface area (TPSA) is 72.4 Å². The number of sulfonamides is 1. The molecule has 1 atom stereocenters. The molecule has 6 nitrogen and oxygen atoms in total. The van der Waals surface area contributed by atoms with Crippen molar-refractivity contribution in [3.8, 4) is 5.88 Å². The van der Waals surface area contributed by atoms with Crippen molar-refractivity contribution in [3.63, 3.8) is 0 Å². The quantitative estimate of drug-likeness (QED) is 0.800. The van der Waals surface area contributed by atoms with Crippen LogP contribution in [-0.2, 0) is 10.0 Å². The van der Waals surface area contributed by atoms with Crippen molar-refractivity contribution in [2.45, 2.75) is 45.6 Å². The van der Waals surface area contributed by atoms with Gasteiger partial charge in [0.25, 0.3) is 0 Å². The second-order valence-corrected chi connectivity index (χ2v) is 7.44. The number of rotatable bonds is 6. The van der Waals surface area contributed by atoms with E-state index in [-0.39, 0.29) is 11.9 Å². The van der Waals surface area contributed by atoms with Crippen LogP contribution in [0.25, 0.3) is 0 Å². The Hall–Kier alpha value is -1.21. The summed E-state index contributed by atoms with van der Waals surface area (Å²) in [6.45, 7) is 4.80. The first-order valence-corrected chi connectivity index (χ1v) is 9.06. The summed E-state index contributed by atoms with van der Waals surface area (Å²) < 4.78 is 31.9. The Morgan fingerprint density at radius 2 is 2.29 bits per heavy atom. The largest absolute Gasteiger partial charge is 0.473 e. The number of piperidine rings is 1. The fourth-order valence-corrected chi connectivity index (χ4v) is 4.09. The van der Waals surface area contributed by atoms with Gasteiger partial charge in [-0.3, -0.25) is 0 Å². The fraction of sp³-hybridized carbons (Fsp3) is 0.714. The lowest BCUT2D eigenvalue weighted by Crippen LogP contribution is -2.45. The summed E-state index contributed by atoms with van der Waals surface area (Å²) >= 11 is 0. The maximum absolute atomic E-state index is 12.2. The van der Waals surface area contributed by atoms with Gasteiger partial charge in [-0.15, -0.1) is 0 Å². The monoisotopic (exact) mass is 313 g/mol. The molecule has 1 saturated heterocycles. The minimum absolute atomic E-state index is 0.135. The summed E-state index contributed by atoms with van der Waals surface area (Å²) in [6.07, 6.45) is 4.77. The van der Waals surface area contributed by atoms with E-state index in [1.807, 2.05) is 6.92 Å². The molecule has 2 rings (SSSR count). The first kappa shape index (κ1) is 16.2. The molecule has 1 unspecified atom stereocenters. The van der Waals surface area contributed by atoms with Gasteiger partial charge in [0.1, 0.15) is 11.9 Å². The Morgan fingerprint density at radius 3 is 3.00 bits per heavy atom. The summed E-state index contributed by atoms with van der Waals surface area (Å²) in [4.78, 5) is 8.23. The molecule has 0 spiro atoms. The van der Waals surface area contributed by atoms with Gasteiger partial charge in [0.15, 0.2) is 0 Å². The van der Waals surface area contributed by atoms with Crippen molar-refractivity contribution < 1.29 is 13.2 Å². The van der Waals surface area contributed by atoms with Crippen LogP contribution in [0.15, 0.2) is 12.3 Å². The van der Waals surface area contributed by atoms with Crippen LogP contribution in [0.5, 0.6) is 5.88 Å². The van der Waals surface area contributed by atoms with Gasteiger partial charge in [0.05, 0.1) is 12.3 Å². The summed E-state index contributed by atoms with van der Waals surface area (Å²) in [7, 11) is -3.16. The molecule has 2 heterocycles. The molecule has 118 valence electrons. The molecule has 0 saturated carbocycles. The fourth-order valence-electron chi connectivity index (χ4n) is 2.38. The molecule has 0 aliphatic carbocycles. The van der Waals surface area contributed by atoms with Crippen LogP contribution < -0.4 is 4.74 Å². The van der Waals surface area contributed by atoms with Gasteiger partial charge in [0.2, 0.25) is 15.9 Å². The Morgan fingerprint density at radius 1 is 1.48 bits per heavy atom. The standard InChI is InChI=1S/C14H23N3O3S/c1-3-4-10-21(18,19)17-9-5-6-13(11-17)20-14-7-8-15-12(2)16-14/h7-8,13H,3-6,9-11H2,1-2H3. The van der Waals surface area contributed by atoms with Crippen LogP contribution in [0, 0.1) is 6.92 Å². The molecule has 0 bridgehead atoms. The minimum Gasteiger partial charge on any atom is -0.473 e. The molecule has 1 aliphatic rings. The molecule has 0 aromatic carbocycles. The van der Waals surface area contributed by atoms with Crippen LogP contribution in [0.4, 0.5) is 0 Å². The summed E-state index contributed by atoms with van der Waals surface area (Å²) in [5.41, 5.74) is 0. The van der Waals surface area contributed by atoms with E-state index in [1.165, 1.54) is 0 Å². The maximum atomic E-state index is 12.2. The van der Waals surface area contributed by atoms with Gasteiger partial charge in [-0.1, -0.05) is 13.3 Å². The van der Waals surface area contributed by atoms with E-state index >= 15 is 0 Å². The molecule has 1 aromatic rings. The number of aryl methyl sites for hydroxylation is 1. The van der Waals surface area contributed by atoms with E-state index in [0.29, 0.717) is 31.2 Å². The molecule has 0 amide bonds. The number of hydrogen-bond acceptors (Lipinski definition) is 5. The third-order valence-corrected chi connectivity index (χ3v) is 5.45. The van der Waals surface area contributed by atoms with E-state index in [2.05, 4.69) is 9.97 Å². The average Bonchev–Trinajstić information content (AvgIpc) is 2.45. The van der Waals surface area contributed by atoms with Gasteiger partial charge in [0, 0.05) is 18.8 Å². The predicted octanol–water partition coefficient (Wildman–Crippen LogP) is 1.76. The van der Waals surface area contributed by atoms with E-state index in [9.17, 15) is 8.42 Å². The van der Waals surface area contributed by atoms with E-state index in [0.717, 1.165) is 19.3 Å². The Bertz CT molecular complexity index is 562. The molecule has 21 heavy (non-hydrogen) atoms. The Labute approximate surface area is 126 Å². The lowest BCUT2D eigenvalue weighted by molar-refractivity contribution is 0.124. The zero-order valence-electron chi connectivity index (χ0n) is 12.7. The summed E-state index contributed by atoms with van der Waals surface area (Å²) in [5.74, 6) is 1.39. The highest BCUT2D eigenvalue weighted by Crippen LogP contribution is 2.19. The van der Waals surface area contributed by atoms with E-state index in [4.69, 9.17) is 4.74 Å². The summed E-state index contributed by atoms with van der Waals surface area (Å²) in [5, 5.41) is 0. The van der Waals surface area contributed by atoms with Crippen molar-refractivity contribution in [1.82, 2.24) is 14.3 Å². The van der Waals surface area contributed by atoms with Crippen molar-refractivity contribution in [1.29, 1.82) is 0 Å². The first-order chi connectivity index (χ1) is 10.0.